The van der Waals surface area contributed by atoms with Gasteiger partial charge in [0.2, 0.25) is 0 Å². The molecule has 0 aliphatic rings. The normalized spacial score (nSPS) is 10.2. The van der Waals surface area contributed by atoms with Crippen LogP contribution in [0.3, 0.4) is 0 Å². The van der Waals surface area contributed by atoms with E-state index in [1.54, 1.807) is 12.1 Å². The molecule has 0 aliphatic carbocycles. The van der Waals surface area contributed by atoms with Gasteiger partial charge in [0.05, 0.1) is 4.92 Å². The van der Waals surface area contributed by atoms with Gasteiger partial charge in [-0.05, 0) is 25.5 Å². The van der Waals surface area contributed by atoms with Crippen molar-refractivity contribution in [1.29, 1.82) is 0 Å². The highest BCUT2D eigenvalue weighted by atomic mass is 16.6. The lowest BCUT2D eigenvalue weighted by atomic mass is 10.2. The van der Waals surface area contributed by atoms with Gasteiger partial charge in [0.15, 0.2) is 0 Å². The van der Waals surface area contributed by atoms with Gasteiger partial charge in [-0.1, -0.05) is 0 Å². The first-order valence-corrected chi connectivity index (χ1v) is 5.29. The first kappa shape index (κ1) is 12.4. The maximum atomic E-state index is 10.7. The topological polar surface area (TPSA) is 72.4 Å². The van der Waals surface area contributed by atoms with Crippen molar-refractivity contribution in [3.63, 3.8) is 0 Å². The highest BCUT2D eigenvalue weighted by Crippen LogP contribution is 2.23. The number of hydrogen-bond donors (Lipinski definition) is 1. The van der Waals surface area contributed by atoms with Crippen LogP contribution in [-0.2, 0) is 0 Å². The first-order chi connectivity index (χ1) is 7.58. The minimum absolute atomic E-state index is 0.130. The van der Waals surface area contributed by atoms with E-state index in [-0.39, 0.29) is 10.6 Å². The lowest BCUT2D eigenvalue weighted by Gasteiger charge is -2.22. The SMILES string of the molecule is CCN(CCN)c1cc(C)cc([N+](=O)[O-])c1. The number of hydrogen-bond acceptors (Lipinski definition) is 4. The molecular formula is C11H17N3O2. The Hall–Kier alpha value is -1.62. The van der Waals surface area contributed by atoms with Gasteiger partial charge in [-0.25, -0.2) is 0 Å². The lowest BCUT2D eigenvalue weighted by molar-refractivity contribution is -0.384. The zero-order valence-corrected chi connectivity index (χ0v) is 9.64. The number of nitro benzene ring substituents is 1. The third kappa shape index (κ3) is 2.93. The fraction of sp³-hybridized carbons (Fsp3) is 0.455. The summed E-state index contributed by atoms with van der Waals surface area (Å²) in [7, 11) is 0. The summed E-state index contributed by atoms with van der Waals surface area (Å²) in [4.78, 5) is 12.4. The van der Waals surface area contributed by atoms with E-state index in [1.165, 1.54) is 0 Å². The fourth-order valence-electron chi connectivity index (χ4n) is 1.66. The molecule has 0 amide bonds. The van der Waals surface area contributed by atoms with E-state index in [9.17, 15) is 10.1 Å². The van der Waals surface area contributed by atoms with Crippen molar-refractivity contribution in [2.45, 2.75) is 13.8 Å². The summed E-state index contributed by atoms with van der Waals surface area (Å²) in [5, 5.41) is 10.7. The molecule has 0 saturated carbocycles. The van der Waals surface area contributed by atoms with Crippen LogP contribution in [0.2, 0.25) is 0 Å². The summed E-state index contributed by atoms with van der Waals surface area (Å²) < 4.78 is 0. The minimum Gasteiger partial charge on any atom is -0.370 e. The van der Waals surface area contributed by atoms with E-state index < -0.39 is 0 Å². The second-order valence-electron chi connectivity index (χ2n) is 3.65. The quantitative estimate of drug-likeness (QED) is 0.609. The predicted octanol–water partition coefficient (Wildman–Crippen LogP) is 1.69. The van der Waals surface area contributed by atoms with Gasteiger partial charge in [-0.15, -0.1) is 0 Å². The standard InChI is InChI=1S/C11H17N3O2/c1-3-13(5-4-12)10-6-9(2)7-11(8-10)14(15)16/h6-8H,3-5,12H2,1-2H3. The van der Waals surface area contributed by atoms with Crippen LogP contribution in [0.4, 0.5) is 11.4 Å². The fourth-order valence-corrected chi connectivity index (χ4v) is 1.66. The van der Waals surface area contributed by atoms with Crippen molar-refractivity contribution < 1.29 is 4.92 Å². The van der Waals surface area contributed by atoms with Crippen molar-refractivity contribution in [3.05, 3.63) is 33.9 Å². The number of anilines is 1. The summed E-state index contributed by atoms with van der Waals surface area (Å²) in [5.74, 6) is 0. The van der Waals surface area contributed by atoms with Crippen LogP contribution in [0.25, 0.3) is 0 Å². The van der Waals surface area contributed by atoms with Crippen LogP contribution >= 0.6 is 0 Å². The largest absolute Gasteiger partial charge is 0.370 e. The van der Waals surface area contributed by atoms with E-state index in [2.05, 4.69) is 0 Å². The van der Waals surface area contributed by atoms with Gasteiger partial charge >= 0.3 is 0 Å². The Bertz CT molecular complexity index is 379. The van der Waals surface area contributed by atoms with Gasteiger partial charge in [-0.3, -0.25) is 10.1 Å². The molecule has 0 spiro atoms. The second kappa shape index (κ2) is 5.46. The molecule has 0 aliphatic heterocycles. The van der Waals surface area contributed by atoms with Gasteiger partial charge in [0.25, 0.3) is 5.69 Å². The molecule has 88 valence electrons. The molecule has 2 N–H and O–H groups in total. The third-order valence-electron chi connectivity index (χ3n) is 2.40. The van der Waals surface area contributed by atoms with Crippen molar-refractivity contribution in [3.8, 4) is 0 Å². The number of rotatable bonds is 5. The van der Waals surface area contributed by atoms with Crippen molar-refractivity contribution >= 4 is 11.4 Å². The summed E-state index contributed by atoms with van der Waals surface area (Å²) in [6, 6.07) is 5.10. The second-order valence-corrected chi connectivity index (χ2v) is 3.65. The highest BCUT2D eigenvalue weighted by Gasteiger charge is 2.11. The maximum absolute atomic E-state index is 10.7. The van der Waals surface area contributed by atoms with Crippen LogP contribution < -0.4 is 10.6 Å². The number of nitrogens with zero attached hydrogens (tertiary/aromatic N) is 2. The van der Waals surface area contributed by atoms with Crippen LogP contribution in [0.1, 0.15) is 12.5 Å². The van der Waals surface area contributed by atoms with E-state index in [4.69, 9.17) is 5.73 Å². The molecule has 16 heavy (non-hydrogen) atoms. The Morgan fingerprint density at radius 2 is 2.12 bits per heavy atom. The smallest absolute Gasteiger partial charge is 0.271 e. The van der Waals surface area contributed by atoms with Crippen molar-refractivity contribution in [1.82, 2.24) is 0 Å². The van der Waals surface area contributed by atoms with Crippen molar-refractivity contribution in [2.24, 2.45) is 5.73 Å². The Morgan fingerprint density at radius 1 is 1.44 bits per heavy atom. The number of non-ortho nitro benzene ring substituents is 1. The molecule has 5 nitrogen and oxygen atoms in total. The molecular weight excluding hydrogens is 206 g/mol. The lowest BCUT2D eigenvalue weighted by Crippen LogP contribution is -2.29. The zero-order valence-electron chi connectivity index (χ0n) is 9.64. The molecule has 0 fully saturated rings. The van der Waals surface area contributed by atoms with Crippen LogP contribution in [0.5, 0.6) is 0 Å². The van der Waals surface area contributed by atoms with E-state index in [0.29, 0.717) is 13.1 Å². The molecule has 5 heteroatoms. The molecule has 1 aromatic rings. The monoisotopic (exact) mass is 223 g/mol. The summed E-state index contributed by atoms with van der Waals surface area (Å²) >= 11 is 0. The number of likely N-dealkylation sites (N-methyl/N-ethyl adjacent to an activating group) is 1. The third-order valence-corrected chi connectivity index (χ3v) is 2.40. The Labute approximate surface area is 95.0 Å². The van der Waals surface area contributed by atoms with E-state index >= 15 is 0 Å². The molecule has 0 radical (unpaired) electrons. The number of benzene rings is 1. The first-order valence-electron chi connectivity index (χ1n) is 5.29. The van der Waals surface area contributed by atoms with Crippen LogP contribution in [-0.4, -0.2) is 24.6 Å². The Balaban J connectivity index is 3.07. The predicted molar refractivity (Wildman–Crippen MR) is 64.8 cm³/mol. The van der Waals surface area contributed by atoms with Crippen LogP contribution in [0, 0.1) is 17.0 Å². The average Bonchev–Trinajstić information content (AvgIpc) is 2.24. The zero-order chi connectivity index (χ0) is 12.1. The Kier molecular flexibility index (Phi) is 4.25. The van der Waals surface area contributed by atoms with Gasteiger partial charge < -0.3 is 10.6 Å². The molecule has 0 unspecified atom stereocenters. The van der Waals surface area contributed by atoms with Gasteiger partial charge in [0.1, 0.15) is 0 Å². The van der Waals surface area contributed by atoms with Gasteiger partial charge in [0, 0.05) is 37.5 Å². The summed E-state index contributed by atoms with van der Waals surface area (Å²) in [6.07, 6.45) is 0. The molecule has 1 aromatic carbocycles. The molecule has 1 rings (SSSR count). The number of aryl methyl sites for hydroxylation is 1. The molecule has 0 saturated heterocycles. The molecule has 0 atom stereocenters. The molecule has 0 heterocycles. The summed E-state index contributed by atoms with van der Waals surface area (Å²) in [6.45, 7) is 5.89. The number of nitrogens with two attached hydrogens (primary N) is 1. The van der Waals surface area contributed by atoms with Crippen molar-refractivity contribution in [2.75, 3.05) is 24.5 Å². The molecule has 0 bridgehead atoms. The molecule has 0 aromatic heterocycles. The minimum atomic E-state index is -0.368. The highest BCUT2D eigenvalue weighted by molar-refractivity contribution is 5.55. The van der Waals surface area contributed by atoms with E-state index in [1.807, 2.05) is 24.8 Å². The van der Waals surface area contributed by atoms with E-state index in [0.717, 1.165) is 17.8 Å². The summed E-state index contributed by atoms with van der Waals surface area (Å²) in [5.41, 5.74) is 7.38. The Morgan fingerprint density at radius 3 is 2.62 bits per heavy atom. The number of nitro groups is 1. The average molecular weight is 223 g/mol. The van der Waals surface area contributed by atoms with Gasteiger partial charge in [-0.2, -0.15) is 0 Å². The maximum Gasteiger partial charge on any atom is 0.271 e. The van der Waals surface area contributed by atoms with Crippen LogP contribution in [0.15, 0.2) is 18.2 Å².